The van der Waals surface area contributed by atoms with Crippen LogP contribution in [0.25, 0.3) is 0 Å². The Labute approximate surface area is 136 Å². The fourth-order valence-electron chi connectivity index (χ4n) is 2.75. The fraction of sp³-hybridized carbons (Fsp3) is 0.412. The maximum absolute atomic E-state index is 12.2. The molecule has 1 aliphatic rings. The molecule has 1 fully saturated rings. The van der Waals surface area contributed by atoms with Crippen LogP contribution in [0.3, 0.4) is 0 Å². The zero-order chi connectivity index (χ0) is 17.4. The summed E-state index contributed by atoms with van der Waals surface area (Å²) in [5.74, 6) is -0.298. The predicted octanol–water partition coefficient (Wildman–Crippen LogP) is 2.73. The number of allylic oxidation sites excluding steroid dienone is 2. The van der Waals surface area contributed by atoms with E-state index < -0.39 is 9.84 Å². The molecule has 2 rings (SSSR count). The van der Waals surface area contributed by atoms with Crippen LogP contribution in [0.4, 0.5) is 5.69 Å². The zero-order valence-electron chi connectivity index (χ0n) is 13.8. The molecule has 0 saturated heterocycles. The van der Waals surface area contributed by atoms with Crippen molar-refractivity contribution in [3.05, 3.63) is 35.5 Å². The van der Waals surface area contributed by atoms with Gasteiger partial charge in [0, 0.05) is 30.5 Å². The Kier molecular flexibility index (Phi) is 4.48. The molecule has 1 saturated carbocycles. The molecule has 1 N–H and O–H groups in total. The molecular weight excluding hydrogens is 314 g/mol. The summed E-state index contributed by atoms with van der Waals surface area (Å²) in [5.41, 5.74) is 1.06. The SMILES string of the molecule is CC(Nc1ccc(S(C)(=O)=O)cc1)=C1C(=O)CC(C)(C)CC1=O. The third-order valence-electron chi connectivity index (χ3n) is 3.83. The number of benzene rings is 1. The van der Waals surface area contributed by atoms with Crippen molar-refractivity contribution in [2.24, 2.45) is 5.41 Å². The van der Waals surface area contributed by atoms with Crippen molar-refractivity contribution in [1.29, 1.82) is 0 Å². The summed E-state index contributed by atoms with van der Waals surface area (Å²) >= 11 is 0. The smallest absolute Gasteiger partial charge is 0.175 e. The predicted molar refractivity (Wildman–Crippen MR) is 88.9 cm³/mol. The summed E-state index contributed by atoms with van der Waals surface area (Å²) in [4.78, 5) is 24.7. The van der Waals surface area contributed by atoms with E-state index in [1.165, 1.54) is 12.1 Å². The third-order valence-corrected chi connectivity index (χ3v) is 4.95. The molecule has 1 aromatic carbocycles. The van der Waals surface area contributed by atoms with E-state index in [9.17, 15) is 18.0 Å². The molecule has 0 radical (unpaired) electrons. The van der Waals surface area contributed by atoms with Crippen LogP contribution in [0.5, 0.6) is 0 Å². The number of carbonyl (C=O) groups excluding carboxylic acids is 2. The Morgan fingerprint density at radius 2 is 1.52 bits per heavy atom. The highest BCUT2D eigenvalue weighted by molar-refractivity contribution is 7.90. The zero-order valence-corrected chi connectivity index (χ0v) is 14.6. The molecule has 0 atom stereocenters. The van der Waals surface area contributed by atoms with Gasteiger partial charge in [-0.3, -0.25) is 9.59 Å². The van der Waals surface area contributed by atoms with Gasteiger partial charge in [-0.15, -0.1) is 0 Å². The van der Waals surface area contributed by atoms with E-state index in [1.54, 1.807) is 19.1 Å². The van der Waals surface area contributed by atoms with Crippen molar-refractivity contribution in [2.45, 2.75) is 38.5 Å². The van der Waals surface area contributed by atoms with Gasteiger partial charge in [-0.1, -0.05) is 13.8 Å². The summed E-state index contributed by atoms with van der Waals surface area (Å²) in [6, 6.07) is 6.21. The van der Waals surface area contributed by atoms with Gasteiger partial charge in [-0.05, 0) is 36.6 Å². The largest absolute Gasteiger partial charge is 0.358 e. The molecule has 124 valence electrons. The third kappa shape index (κ3) is 4.07. The summed E-state index contributed by atoms with van der Waals surface area (Å²) in [6.45, 7) is 5.51. The molecule has 0 spiro atoms. The molecule has 0 bridgehead atoms. The summed E-state index contributed by atoms with van der Waals surface area (Å²) in [6.07, 6.45) is 1.84. The molecule has 6 heteroatoms. The minimum absolute atomic E-state index is 0.149. The second-order valence-electron chi connectivity index (χ2n) is 6.79. The fourth-order valence-corrected chi connectivity index (χ4v) is 3.38. The minimum atomic E-state index is -3.25. The highest BCUT2D eigenvalue weighted by Crippen LogP contribution is 2.34. The molecule has 0 unspecified atom stereocenters. The van der Waals surface area contributed by atoms with Crippen molar-refractivity contribution >= 4 is 27.1 Å². The van der Waals surface area contributed by atoms with Gasteiger partial charge in [0.05, 0.1) is 10.5 Å². The highest BCUT2D eigenvalue weighted by Gasteiger charge is 2.36. The maximum atomic E-state index is 12.2. The Hall–Kier alpha value is -1.95. The van der Waals surface area contributed by atoms with Gasteiger partial charge in [0.15, 0.2) is 21.4 Å². The highest BCUT2D eigenvalue weighted by atomic mass is 32.2. The number of hydrogen-bond donors (Lipinski definition) is 1. The van der Waals surface area contributed by atoms with Crippen LogP contribution in [0.2, 0.25) is 0 Å². The van der Waals surface area contributed by atoms with Crippen LogP contribution in [0.1, 0.15) is 33.6 Å². The van der Waals surface area contributed by atoms with Crippen LogP contribution in [-0.4, -0.2) is 26.2 Å². The molecule has 5 nitrogen and oxygen atoms in total. The van der Waals surface area contributed by atoms with Crippen molar-refractivity contribution in [3.8, 4) is 0 Å². The standard InChI is InChI=1S/C17H21NO4S/c1-11(16-14(19)9-17(2,3)10-15(16)20)18-12-5-7-13(8-6-12)23(4,21)22/h5-8,18H,9-10H2,1-4H3. The summed E-state index contributed by atoms with van der Waals surface area (Å²) in [7, 11) is -3.25. The number of hydrogen-bond acceptors (Lipinski definition) is 5. The van der Waals surface area contributed by atoms with E-state index in [1.807, 2.05) is 13.8 Å². The molecular formula is C17H21NO4S. The lowest BCUT2D eigenvalue weighted by Gasteiger charge is -2.29. The number of ketones is 2. The Morgan fingerprint density at radius 3 is 1.96 bits per heavy atom. The van der Waals surface area contributed by atoms with E-state index in [4.69, 9.17) is 0 Å². The Bertz CT molecular complexity index is 764. The summed E-state index contributed by atoms with van der Waals surface area (Å²) in [5, 5.41) is 3.02. The molecule has 0 amide bonds. The lowest BCUT2D eigenvalue weighted by molar-refractivity contribution is -0.127. The minimum Gasteiger partial charge on any atom is -0.358 e. The second kappa shape index (κ2) is 5.92. The van der Waals surface area contributed by atoms with Gasteiger partial charge in [0.2, 0.25) is 0 Å². The van der Waals surface area contributed by atoms with Gasteiger partial charge in [-0.25, -0.2) is 8.42 Å². The average Bonchev–Trinajstić information content (AvgIpc) is 2.35. The van der Waals surface area contributed by atoms with Gasteiger partial charge in [-0.2, -0.15) is 0 Å². The topological polar surface area (TPSA) is 80.3 Å². The Morgan fingerprint density at radius 1 is 1.04 bits per heavy atom. The van der Waals surface area contributed by atoms with Crippen molar-refractivity contribution in [3.63, 3.8) is 0 Å². The molecule has 0 heterocycles. The maximum Gasteiger partial charge on any atom is 0.175 e. The molecule has 1 aromatic rings. The summed E-state index contributed by atoms with van der Waals surface area (Å²) < 4.78 is 22.9. The van der Waals surface area contributed by atoms with E-state index in [0.717, 1.165) is 6.26 Å². The van der Waals surface area contributed by atoms with Gasteiger partial charge < -0.3 is 5.32 Å². The van der Waals surface area contributed by atoms with Crippen LogP contribution in [0.15, 0.2) is 40.4 Å². The number of rotatable bonds is 3. The molecule has 0 aromatic heterocycles. The van der Waals surface area contributed by atoms with E-state index >= 15 is 0 Å². The number of nitrogens with one attached hydrogen (secondary N) is 1. The van der Waals surface area contributed by atoms with E-state index in [0.29, 0.717) is 24.2 Å². The van der Waals surface area contributed by atoms with Crippen molar-refractivity contribution < 1.29 is 18.0 Å². The first-order chi connectivity index (χ1) is 10.5. The number of sulfone groups is 1. The van der Waals surface area contributed by atoms with E-state index in [-0.39, 0.29) is 27.5 Å². The number of anilines is 1. The first-order valence-electron chi connectivity index (χ1n) is 7.34. The monoisotopic (exact) mass is 335 g/mol. The molecule has 0 aliphatic heterocycles. The molecule has 1 aliphatic carbocycles. The number of Topliss-reactive ketones (excluding diaryl/α,β-unsaturated/α-hetero) is 2. The average molecular weight is 335 g/mol. The molecule has 23 heavy (non-hydrogen) atoms. The first kappa shape index (κ1) is 17.4. The lowest BCUT2D eigenvalue weighted by Crippen LogP contribution is -2.32. The van der Waals surface area contributed by atoms with Gasteiger partial charge in [0.25, 0.3) is 0 Å². The van der Waals surface area contributed by atoms with Gasteiger partial charge in [0.1, 0.15) is 0 Å². The Balaban J connectivity index is 2.26. The lowest BCUT2D eigenvalue weighted by atomic mass is 9.73. The first-order valence-corrected chi connectivity index (χ1v) is 9.23. The van der Waals surface area contributed by atoms with Gasteiger partial charge >= 0.3 is 0 Å². The van der Waals surface area contributed by atoms with E-state index in [2.05, 4.69) is 5.32 Å². The van der Waals surface area contributed by atoms with Crippen LogP contribution >= 0.6 is 0 Å². The van der Waals surface area contributed by atoms with Crippen molar-refractivity contribution in [1.82, 2.24) is 0 Å². The van der Waals surface area contributed by atoms with Crippen LogP contribution in [-0.2, 0) is 19.4 Å². The normalized spacial score (nSPS) is 18.0. The van der Waals surface area contributed by atoms with Crippen molar-refractivity contribution in [2.75, 3.05) is 11.6 Å². The van der Waals surface area contributed by atoms with Crippen LogP contribution < -0.4 is 5.32 Å². The number of carbonyl (C=O) groups is 2. The quantitative estimate of drug-likeness (QED) is 0.678. The van der Waals surface area contributed by atoms with Crippen LogP contribution in [0, 0.1) is 5.41 Å². The second-order valence-corrected chi connectivity index (χ2v) is 8.80.